The Morgan fingerprint density at radius 1 is 1.34 bits per heavy atom. The molecule has 1 aliphatic carbocycles. The minimum Gasteiger partial charge on any atom is -0.353 e. The topological polar surface area (TPSA) is 80.1 Å². The van der Waals surface area contributed by atoms with Crippen molar-refractivity contribution >= 4 is 29.1 Å². The molecule has 174 valence electrons. The Balaban J connectivity index is 1.59. The largest absolute Gasteiger partial charge is 0.389 e. The Bertz CT molecular complexity index is 935. The number of hydrogen-bond donors (Lipinski definition) is 1. The van der Waals surface area contributed by atoms with Gasteiger partial charge in [0.1, 0.15) is 5.69 Å². The number of nitrogens with zero attached hydrogens (tertiary/aromatic N) is 4. The summed E-state index contributed by atoms with van der Waals surface area (Å²) >= 11 is 6.31. The zero-order chi connectivity index (χ0) is 23.3. The van der Waals surface area contributed by atoms with Crippen LogP contribution in [0, 0.1) is 5.92 Å². The molecule has 1 fully saturated rings. The first kappa shape index (κ1) is 24.0. The quantitative estimate of drug-likeness (QED) is 0.622. The molecule has 1 saturated carbocycles. The molecule has 3 rings (SSSR count). The maximum atomic E-state index is 13.2. The highest BCUT2D eigenvalue weighted by molar-refractivity contribution is 6.32. The maximum absolute atomic E-state index is 13.2. The SMILES string of the molecule is CCN(C(=O)[C@H]1CC[C@@H](NC(=O)CCCC(F)(F)F)C1)c1cn(-c2cccnc2)nc1Cl. The number of anilines is 1. The van der Waals surface area contributed by atoms with E-state index in [1.165, 1.54) is 0 Å². The molecule has 2 atom stereocenters. The lowest BCUT2D eigenvalue weighted by atomic mass is 10.1. The summed E-state index contributed by atoms with van der Waals surface area (Å²) in [5.74, 6) is -0.845. The second-order valence-corrected chi connectivity index (χ2v) is 8.14. The van der Waals surface area contributed by atoms with Crippen LogP contribution in [0.4, 0.5) is 18.9 Å². The minimum atomic E-state index is -4.26. The normalized spacial score (nSPS) is 18.5. The van der Waals surface area contributed by atoms with Crippen molar-refractivity contribution in [1.82, 2.24) is 20.1 Å². The molecule has 0 aromatic carbocycles. The minimum absolute atomic E-state index is 0.117. The molecule has 2 heterocycles. The summed E-state index contributed by atoms with van der Waals surface area (Å²) in [6, 6.07) is 3.36. The van der Waals surface area contributed by atoms with Crippen LogP contribution < -0.4 is 10.2 Å². The molecule has 0 aliphatic heterocycles. The summed E-state index contributed by atoms with van der Waals surface area (Å²) < 4.78 is 38.3. The standard InChI is InChI=1S/C21H25ClF3N5O2/c1-2-29(17-13-30(28-19(17)22)16-5-4-10-26-12-16)20(32)14-7-8-15(11-14)27-18(31)6-3-9-21(23,24)25/h4-5,10,12-15H,2-3,6-9,11H2,1H3,(H,27,31)/t14-,15+/m0/s1. The van der Waals surface area contributed by atoms with Gasteiger partial charge in [-0.05, 0) is 44.7 Å². The Morgan fingerprint density at radius 2 is 2.12 bits per heavy atom. The van der Waals surface area contributed by atoms with Crippen molar-refractivity contribution in [3.8, 4) is 5.69 Å². The molecule has 32 heavy (non-hydrogen) atoms. The summed E-state index contributed by atoms with van der Waals surface area (Å²) in [5, 5.41) is 7.22. The van der Waals surface area contributed by atoms with E-state index in [2.05, 4.69) is 15.4 Å². The molecule has 11 heteroatoms. The molecule has 0 spiro atoms. The lowest BCUT2D eigenvalue weighted by Crippen LogP contribution is -2.37. The second-order valence-electron chi connectivity index (χ2n) is 7.79. The van der Waals surface area contributed by atoms with Crippen LogP contribution in [0.25, 0.3) is 5.69 Å². The number of hydrogen-bond acceptors (Lipinski definition) is 4. The monoisotopic (exact) mass is 471 g/mol. The third-order valence-corrected chi connectivity index (χ3v) is 5.72. The average molecular weight is 472 g/mol. The highest BCUT2D eigenvalue weighted by Crippen LogP contribution is 2.32. The van der Waals surface area contributed by atoms with E-state index in [0.29, 0.717) is 37.2 Å². The first-order valence-electron chi connectivity index (χ1n) is 10.5. The number of rotatable bonds is 8. The number of amides is 2. The summed E-state index contributed by atoms with van der Waals surface area (Å²) in [6.07, 6.45) is 0.897. The number of nitrogens with one attached hydrogen (secondary N) is 1. The summed E-state index contributed by atoms with van der Waals surface area (Å²) in [4.78, 5) is 30.7. The van der Waals surface area contributed by atoms with Gasteiger partial charge in [0.25, 0.3) is 0 Å². The molecule has 0 bridgehead atoms. The predicted molar refractivity (Wildman–Crippen MR) is 114 cm³/mol. The molecular formula is C21H25ClF3N5O2. The molecule has 2 aromatic heterocycles. The second kappa shape index (κ2) is 10.3. The predicted octanol–water partition coefficient (Wildman–Crippen LogP) is 4.29. The highest BCUT2D eigenvalue weighted by atomic mass is 35.5. The van der Waals surface area contributed by atoms with Crippen LogP contribution in [0.1, 0.15) is 45.4 Å². The van der Waals surface area contributed by atoms with Crippen LogP contribution in [-0.4, -0.2) is 45.3 Å². The number of carbonyl (C=O) groups excluding carboxylic acids is 2. The molecule has 0 radical (unpaired) electrons. The maximum Gasteiger partial charge on any atom is 0.389 e. The van der Waals surface area contributed by atoms with E-state index < -0.39 is 18.5 Å². The number of aromatic nitrogens is 3. The fourth-order valence-electron chi connectivity index (χ4n) is 3.90. The van der Waals surface area contributed by atoms with Crippen molar-refractivity contribution in [3.05, 3.63) is 35.9 Å². The van der Waals surface area contributed by atoms with E-state index in [9.17, 15) is 22.8 Å². The zero-order valence-electron chi connectivity index (χ0n) is 17.6. The van der Waals surface area contributed by atoms with Gasteiger partial charge in [-0.2, -0.15) is 18.3 Å². The van der Waals surface area contributed by atoms with E-state index in [4.69, 9.17) is 11.6 Å². The van der Waals surface area contributed by atoms with Crippen molar-refractivity contribution < 1.29 is 22.8 Å². The smallest absolute Gasteiger partial charge is 0.353 e. The van der Waals surface area contributed by atoms with Gasteiger partial charge in [-0.25, -0.2) is 4.68 Å². The number of alkyl halides is 3. The van der Waals surface area contributed by atoms with E-state index in [1.807, 2.05) is 13.0 Å². The van der Waals surface area contributed by atoms with Crippen molar-refractivity contribution in [3.63, 3.8) is 0 Å². The van der Waals surface area contributed by atoms with Gasteiger partial charge in [0, 0.05) is 37.5 Å². The first-order chi connectivity index (χ1) is 15.2. The molecule has 2 aromatic rings. The molecule has 0 unspecified atom stereocenters. The molecule has 2 amide bonds. The van der Waals surface area contributed by atoms with E-state index in [-0.39, 0.29) is 35.9 Å². The Labute approximate surface area is 188 Å². The molecule has 1 aliphatic rings. The number of pyridine rings is 1. The Hall–Kier alpha value is -2.62. The third kappa shape index (κ3) is 6.21. The highest BCUT2D eigenvalue weighted by Gasteiger charge is 2.35. The number of halogens is 4. The Kier molecular flexibility index (Phi) is 7.76. The third-order valence-electron chi connectivity index (χ3n) is 5.45. The van der Waals surface area contributed by atoms with Gasteiger partial charge in [0.05, 0.1) is 18.1 Å². The van der Waals surface area contributed by atoms with Crippen molar-refractivity contribution in [2.75, 3.05) is 11.4 Å². The average Bonchev–Trinajstić information content (AvgIpc) is 3.35. The van der Waals surface area contributed by atoms with Crippen LogP contribution in [0.5, 0.6) is 0 Å². The van der Waals surface area contributed by atoms with Crippen LogP contribution >= 0.6 is 11.6 Å². The van der Waals surface area contributed by atoms with Crippen molar-refractivity contribution in [2.24, 2.45) is 5.92 Å². The van der Waals surface area contributed by atoms with Gasteiger partial charge in [-0.1, -0.05) is 11.6 Å². The summed E-state index contributed by atoms with van der Waals surface area (Å²) in [7, 11) is 0. The fourth-order valence-corrected chi connectivity index (χ4v) is 4.13. The van der Waals surface area contributed by atoms with Gasteiger partial charge >= 0.3 is 6.18 Å². The fraction of sp³-hybridized carbons (Fsp3) is 0.524. The zero-order valence-corrected chi connectivity index (χ0v) is 18.4. The van der Waals surface area contributed by atoms with Crippen molar-refractivity contribution in [2.45, 2.75) is 57.7 Å². The number of carbonyl (C=O) groups is 2. The van der Waals surface area contributed by atoms with Crippen LogP contribution in [0.2, 0.25) is 5.15 Å². The van der Waals surface area contributed by atoms with Gasteiger partial charge in [-0.15, -0.1) is 0 Å². The van der Waals surface area contributed by atoms with Crippen LogP contribution in [-0.2, 0) is 9.59 Å². The first-order valence-corrected chi connectivity index (χ1v) is 10.9. The molecule has 1 N–H and O–H groups in total. The van der Waals surface area contributed by atoms with Gasteiger partial charge < -0.3 is 10.2 Å². The van der Waals surface area contributed by atoms with E-state index in [0.717, 1.165) is 0 Å². The molecule has 0 saturated heterocycles. The van der Waals surface area contributed by atoms with Gasteiger partial charge in [-0.3, -0.25) is 14.6 Å². The molecular weight excluding hydrogens is 447 g/mol. The lowest BCUT2D eigenvalue weighted by molar-refractivity contribution is -0.137. The summed E-state index contributed by atoms with van der Waals surface area (Å²) in [5.41, 5.74) is 1.20. The van der Waals surface area contributed by atoms with E-state index >= 15 is 0 Å². The molecule has 7 nitrogen and oxygen atoms in total. The van der Waals surface area contributed by atoms with Crippen LogP contribution in [0.3, 0.4) is 0 Å². The lowest BCUT2D eigenvalue weighted by Gasteiger charge is -2.23. The van der Waals surface area contributed by atoms with E-state index in [1.54, 1.807) is 34.2 Å². The van der Waals surface area contributed by atoms with Gasteiger partial charge in [0.2, 0.25) is 11.8 Å². The Morgan fingerprint density at radius 3 is 2.78 bits per heavy atom. The summed E-state index contributed by atoms with van der Waals surface area (Å²) in [6.45, 7) is 2.23. The van der Waals surface area contributed by atoms with Crippen molar-refractivity contribution in [1.29, 1.82) is 0 Å². The van der Waals surface area contributed by atoms with Gasteiger partial charge in [0.15, 0.2) is 5.15 Å². The van der Waals surface area contributed by atoms with Crippen LogP contribution in [0.15, 0.2) is 30.7 Å².